The monoisotopic (exact) mass is 433 g/mol. The van der Waals surface area contributed by atoms with Crippen LogP contribution in [0.1, 0.15) is 22.6 Å². The molecule has 1 heterocycles. The van der Waals surface area contributed by atoms with Crippen LogP contribution in [0.15, 0.2) is 69.3 Å². The molecule has 2 aromatic carbocycles. The van der Waals surface area contributed by atoms with Crippen molar-refractivity contribution < 1.29 is 22.4 Å². The number of thioether (sulfide) groups is 1. The van der Waals surface area contributed by atoms with Crippen molar-refractivity contribution in [1.82, 2.24) is 4.98 Å². The standard InChI is InChI=1S/C21H18F3N3O2S/c1-14-15(2)29-20(26-14)30-13-19(28)27(25-12-16-7-4-3-5-8-16)18-10-6-9-17(11-18)21(22,23)24/h3-12H,13H2,1-2H3/b25-12+. The fraction of sp³-hybridized carbons (Fsp3) is 0.190. The summed E-state index contributed by atoms with van der Waals surface area (Å²) in [6, 6.07) is 13.4. The predicted molar refractivity (Wildman–Crippen MR) is 110 cm³/mol. The third-order valence-corrected chi connectivity index (χ3v) is 4.92. The molecule has 0 radical (unpaired) electrons. The van der Waals surface area contributed by atoms with E-state index in [-0.39, 0.29) is 11.4 Å². The zero-order valence-electron chi connectivity index (χ0n) is 16.2. The van der Waals surface area contributed by atoms with Gasteiger partial charge >= 0.3 is 6.18 Å². The lowest BCUT2D eigenvalue weighted by Gasteiger charge is -2.18. The van der Waals surface area contributed by atoms with Crippen LogP contribution in [0.4, 0.5) is 18.9 Å². The van der Waals surface area contributed by atoms with Crippen LogP contribution in [0, 0.1) is 13.8 Å². The Morgan fingerprint density at radius 3 is 2.53 bits per heavy atom. The van der Waals surface area contributed by atoms with E-state index in [0.29, 0.717) is 22.2 Å². The number of aromatic nitrogens is 1. The van der Waals surface area contributed by atoms with E-state index in [4.69, 9.17) is 4.42 Å². The van der Waals surface area contributed by atoms with Crippen molar-refractivity contribution in [2.45, 2.75) is 25.2 Å². The highest BCUT2D eigenvalue weighted by Gasteiger charge is 2.31. The highest BCUT2D eigenvalue weighted by molar-refractivity contribution is 7.99. The summed E-state index contributed by atoms with van der Waals surface area (Å²) in [6.07, 6.45) is -3.11. The van der Waals surface area contributed by atoms with Gasteiger partial charge in [0.15, 0.2) is 0 Å². The van der Waals surface area contributed by atoms with Gasteiger partial charge < -0.3 is 4.42 Å². The molecule has 0 bridgehead atoms. The van der Waals surface area contributed by atoms with Crippen molar-refractivity contribution in [3.8, 4) is 0 Å². The SMILES string of the molecule is Cc1nc(SCC(=O)N(/N=C/c2ccccc2)c2cccc(C(F)(F)F)c2)oc1C. The Bertz CT molecular complexity index is 1030. The van der Waals surface area contributed by atoms with Gasteiger partial charge in [-0.1, -0.05) is 48.2 Å². The van der Waals surface area contributed by atoms with Crippen LogP contribution in [0.2, 0.25) is 0 Å². The summed E-state index contributed by atoms with van der Waals surface area (Å²) in [4.78, 5) is 17.0. The number of rotatable bonds is 6. The number of hydrogen-bond acceptors (Lipinski definition) is 5. The molecule has 0 aliphatic heterocycles. The molecule has 0 atom stereocenters. The molecule has 0 aliphatic carbocycles. The average molecular weight is 433 g/mol. The van der Waals surface area contributed by atoms with Crippen LogP contribution in [-0.4, -0.2) is 22.9 Å². The second kappa shape index (κ2) is 9.17. The van der Waals surface area contributed by atoms with E-state index >= 15 is 0 Å². The van der Waals surface area contributed by atoms with Gasteiger partial charge in [0.1, 0.15) is 5.76 Å². The van der Waals surface area contributed by atoms with E-state index in [1.54, 1.807) is 38.1 Å². The number of oxazole rings is 1. The van der Waals surface area contributed by atoms with Crippen molar-refractivity contribution in [3.63, 3.8) is 0 Å². The van der Waals surface area contributed by atoms with Crippen LogP contribution < -0.4 is 5.01 Å². The molecule has 9 heteroatoms. The van der Waals surface area contributed by atoms with Gasteiger partial charge in [0.25, 0.3) is 11.1 Å². The number of hydrazone groups is 1. The molecule has 3 aromatic rings. The first-order valence-corrected chi connectivity index (χ1v) is 9.88. The van der Waals surface area contributed by atoms with Crippen molar-refractivity contribution in [2.24, 2.45) is 5.10 Å². The zero-order valence-corrected chi connectivity index (χ0v) is 17.0. The number of halogens is 3. The molecule has 30 heavy (non-hydrogen) atoms. The second-order valence-electron chi connectivity index (χ2n) is 6.32. The lowest BCUT2D eigenvalue weighted by Crippen LogP contribution is -2.27. The van der Waals surface area contributed by atoms with Crippen molar-refractivity contribution >= 4 is 29.6 Å². The number of nitrogens with zero attached hydrogens (tertiary/aromatic N) is 3. The normalized spacial score (nSPS) is 11.8. The molecule has 3 rings (SSSR count). The van der Waals surface area contributed by atoms with Crippen LogP contribution in [0.3, 0.4) is 0 Å². The number of hydrogen-bond donors (Lipinski definition) is 0. The lowest BCUT2D eigenvalue weighted by molar-refractivity contribution is -0.137. The largest absolute Gasteiger partial charge is 0.437 e. The Kier molecular flexibility index (Phi) is 6.61. The van der Waals surface area contributed by atoms with Crippen molar-refractivity contribution in [2.75, 3.05) is 10.8 Å². The van der Waals surface area contributed by atoms with Crippen LogP contribution in [0.25, 0.3) is 0 Å². The van der Waals surface area contributed by atoms with E-state index < -0.39 is 17.6 Å². The summed E-state index contributed by atoms with van der Waals surface area (Å²) in [5.74, 6) is 0.0173. The fourth-order valence-corrected chi connectivity index (χ4v) is 3.20. The maximum absolute atomic E-state index is 13.1. The Balaban J connectivity index is 1.87. The molecule has 0 saturated carbocycles. The molecule has 156 valence electrons. The van der Waals surface area contributed by atoms with Gasteiger partial charge in [0.2, 0.25) is 0 Å². The van der Waals surface area contributed by atoms with Gasteiger partial charge in [-0.25, -0.2) is 9.99 Å². The topological polar surface area (TPSA) is 58.7 Å². The highest BCUT2D eigenvalue weighted by atomic mass is 32.2. The maximum Gasteiger partial charge on any atom is 0.416 e. The number of carbonyl (C=O) groups excluding carboxylic acids is 1. The molecule has 0 N–H and O–H groups in total. The summed E-state index contributed by atoms with van der Waals surface area (Å²) < 4.78 is 44.8. The van der Waals surface area contributed by atoms with Gasteiger partial charge in [0, 0.05) is 0 Å². The Hall–Kier alpha value is -3.07. The highest BCUT2D eigenvalue weighted by Crippen LogP contribution is 2.32. The third-order valence-electron chi connectivity index (χ3n) is 4.10. The van der Waals surface area contributed by atoms with Gasteiger partial charge in [-0.2, -0.15) is 18.3 Å². The summed E-state index contributed by atoms with van der Waals surface area (Å²) in [7, 11) is 0. The van der Waals surface area contributed by atoms with Crippen molar-refractivity contribution in [3.05, 3.63) is 77.2 Å². The predicted octanol–water partition coefficient (Wildman–Crippen LogP) is 5.47. The molecular weight excluding hydrogens is 415 g/mol. The first kappa shape index (κ1) is 21.6. The fourth-order valence-electron chi connectivity index (χ4n) is 2.44. The van der Waals surface area contributed by atoms with Crippen LogP contribution in [-0.2, 0) is 11.0 Å². The first-order chi connectivity index (χ1) is 14.2. The average Bonchev–Trinajstić information content (AvgIpc) is 3.04. The molecule has 1 amide bonds. The number of carbonyl (C=O) groups is 1. The van der Waals surface area contributed by atoms with Gasteiger partial charge in [-0.15, -0.1) is 0 Å². The summed E-state index contributed by atoms with van der Waals surface area (Å²) in [5.41, 5.74) is 0.567. The summed E-state index contributed by atoms with van der Waals surface area (Å²) in [6.45, 7) is 3.54. The Labute approximate surface area is 175 Å². The molecular formula is C21H18F3N3O2S. The van der Waals surface area contributed by atoms with Gasteiger partial charge in [-0.05, 0) is 37.6 Å². The van der Waals surface area contributed by atoms with Crippen molar-refractivity contribution in [1.29, 1.82) is 0 Å². The lowest BCUT2D eigenvalue weighted by atomic mass is 10.2. The number of benzene rings is 2. The number of aryl methyl sites for hydroxylation is 2. The van der Waals surface area contributed by atoms with E-state index in [1.165, 1.54) is 18.3 Å². The third kappa shape index (κ3) is 5.50. The number of amides is 1. The van der Waals surface area contributed by atoms with Gasteiger partial charge in [-0.3, -0.25) is 4.79 Å². The zero-order chi connectivity index (χ0) is 21.7. The van der Waals surface area contributed by atoms with E-state index in [0.717, 1.165) is 28.9 Å². The minimum absolute atomic E-state index is 0.0161. The Morgan fingerprint density at radius 1 is 1.17 bits per heavy atom. The van der Waals surface area contributed by atoms with E-state index in [2.05, 4.69) is 10.1 Å². The molecule has 0 saturated heterocycles. The molecule has 5 nitrogen and oxygen atoms in total. The van der Waals surface area contributed by atoms with Gasteiger partial charge in [0.05, 0.1) is 28.9 Å². The second-order valence-corrected chi connectivity index (χ2v) is 7.25. The minimum atomic E-state index is -4.53. The quantitative estimate of drug-likeness (QED) is 0.294. The van der Waals surface area contributed by atoms with E-state index in [1.807, 2.05) is 6.07 Å². The van der Waals surface area contributed by atoms with Crippen LogP contribution in [0.5, 0.6) is 0 Å². The van der Waals surface area contributed by atoms with E-state index in [9.17, 15) is 18.0 Å². The molecule has 0 aliphatic rings. The smallest absolute Gasteiger partial charge is 0.416 e. The Morgan fingerprint density at radius 2 is 1.90 bits per heavy atom. The maximum atomic E-state index is 13.1. The molecule has 0 spiro atoms. The summed E-state index contributed by atoms with van der Waals surface area (Å²) >= 11 is 1.05. The molecule has 0 fully saturated rings. The first-order valence-electron chi connectivity index (χ1n) is 8.90. The summed E-state index contributed by atoms with van der Waals surface area (Å²) in [5, 5.41) is 5.42. The number of anilines is 1. The number of alkyl halides is 3. The minimum Gasteiger partial charge on any atom is -0.437 e. The van der Waals surface area contributed by atoms with Crippen LogP contribution >= 0.6 is 11.8 Å². The molecule has 0 unspecified atom stereocenters. The molecule has 1 aromatic heterocycles.